The molecule has 4 rings (SSSR count). The molecule has 1 amide bonds. The monoisotopic (exact) mass is 458 g/mol. The van der Waals surface area contributed by atoms with Gasteiger partial charge in [-0.1, -0.05) is 12.1 Å². The maximum atomic E-state index is 13.2. The summed E-state index contributed by atoms with van der Waals surface area (Å²) in [6.45, 7) is 4.15. The number of aromatic nitrogens is 3. The van der Waals surface area contributed by atoms with E-state index in [0.717, 1.165) is 5.56 Å². The highest BCUT2D eigenvalue weighted by Crippen LogP contribution is 2.24. The molecule has 2 aromatic heterocycles. The first-order valence-corrected chi connectivity index (χ1v) is 10.9. The van der Waals surface area contributed by atoms with E-state index >= 15 is 0 Å². The standard InChI is InChI=1S/C26H26N4O4/c1-16(2)30-24-21(6-5-13-27-24)29-23(26(30)32)17-7-9-18(10-8-17)25(31)28-15-19-14-20(33-3)11-12-22(19)34-4/h5-14,16H,15H2,1-4H3,(H,28,31). The molecule has 0 aliphatic rings. The van der Waals surface area contributed by atoms with Crippen LogP contribution in [0.4, 0.5) is 0 Å². The summed E-state index contributed by atoms with van der Waals surface area (Å²) in [4.78, 5) is 34.8. The zero-order valence-corrected chi connectivity index (χ0v) is 19.5. The first-order chi connectivity index (χ1) is 16.4. The Hall–Kier alpha value is -4.20. The number of methoxy groups -OCH3 is 2. The van der Waals surface area contributed by atoms with E-state index in [2.05, 4.69) is 15.3 Å². The highest BCUT2D eigenvalue weighted by molar-refractivity contribution is 5.94. The number of pyridine rings is 1. The molecule has 0 spiro atoms. The highest BCUT2D eigenvalue weighted by Gasteiger charge is 2.16. The van der Waals surface area contributed by atoms with Gasteiger partial charge >= 0.3 is 0 Å². The molecule has 8 nitrogen and oxygen atoms in total. The van der Waals surface area contributed by atoms with Crippen LogP contribution in [0, 0.1) is 0 Å². The minimum atomic E-state index is -0.244. The van der Waals surface area contributed by atoms with E-state index in [1.54, 1.807) is 67.4 Å². The quantitative estimate of drug-likeness (QED) is 0.450. The molecule has 0 aliphatic carbocycles. The van der Waals surface area contributed by atoms with Crippen LogP contribution in [-0.2, 0) is 6.54 Å². The molecule has 0 atom stereocenters. The van der Waals surface area contributed by atoms with E-state index in [9.17, 15) is 9.59 Å². The minimum absolute atomic E-state index is 0.0784. The van der Waals surface area contributed by atoms with Crippen molar-refractivity contribution >= 4 is 17.1 Å². The summed E-state index contributed by atoms with van der Waals surface area (Å²) in [5, 5.41) is 2.90. The molecule has 4 aromatic rings. The Balaban J connectivity index is 1.58. The van der Waals surface area contributed by atoms with E-state index in [1.807, 2.05) is 26.0 Å². The van der Waals surface area contributed by atoms with Gasteiger partial charge in [0.15, 0.2) is 5.65 Å². The van der Waals surface area contributed by atoms with Crippen molar-refractivity contribution in [3.63, 3.8) is 0 Å². The van der Waals surface area contributed by atoms with Gasteiger partial charge in [0.05, 0.1) is 14.2 Å². The Morgan fingerprint density at radius 2 is 1.82 bits per heavy atom. The van der Waals surface area contributed by atoms with E-state index in [1.165, 1.54) is 0 Å². The second-order valence-electron chi connectivity index (χ2n) is 8.01. The summed E-state index contributed by atoms with van der Waals surface area (Å²) >= 11 is 0. The summed E-state index contributed by atoms with van der Waals surface area (Å²) in [6, 6.07) is 15.8. The number of carbonyl (C=O) groups is 1. The van der Waals surface area contributed by atoms with Crippen LogP contribution in [0.1, 0.15) is 35.8 Å². The fourth-order valence-electron chi connectivity index (χ4n) is 3.78. The van der Waals surface area contributed by atoms with Crippen molar-refractivity contribution in [3.8, 4) is 22.8 Å². The number of amides is 1. The Kier molecular flexibility index (Phi) is 6.58. The smallest absolute Gasteiger partial charge is 0.278 e. The number of rotatable bonds is 7. The molecular formula is C26H26N4O4. The lowest BCUT2D eigenvalue weighted by molar-refractivity contribution is 0.0950. The van der Waals surface area contributed by atoms with Gasteiger partial charge in [-0.25, -0.2) is 9.97 Å². The van der Waals surface area contributed by atoms with Crippen LogP contribution in [0.5, 0.6) is 11.5 Å². The van der Waals surface area contributed by atoms with Gasteiger partial charge in [0.1, 0.15) is 22.7 Å². The van der Waals surface area contributed by atoms with E-state index in [-0.39, 0.29) is 24.1 Å². The summed E-state index contributed by atoms with van der Waals surface area (Å²) in [6.07, 6.45) is 1.65. The topological polar surface area (TPSA) is 95.3 Å². The van der Waals surface area contributed by atoms with Crippen LogP contribution < -0.4 is 20.3 Å². The van der Waals surface area contributed by atoms with Gasteiger partial charge in [0.25, 0.3) is 11.5 Å². The zero-order valence-electron chi connectivity index (χ0n) is 19.5. The van der Waals surface area contributed by atoms with Crippen LogP contribution in [0.15, 0.2) is 65.6 Å². The molecule has 174 valence electrons. The third-order valence-electron chi connectivity index (χ3n) is 5.51. The van der Waals surface area contributed by atoms with E-state index in [0.29, 0.717) is 39.5 Å². The normalized spacial score (nSPS) is 11.0. The molecule has 2 aromatic carbocycles. The average molecular weight is 459 g/mol. The lowest BCUT2D eigenvalue weighted by atomic mass is 10.1. The van der Waals surface area contributed by atoms with Crippen LogP contribution in [0.25, 0.3) is 22.4 Å². The molecule has 0 fully saturated rings. The summed E-state index contributed by atoms with van der Waals surface area (Å²) in [5.41, 5.74) is 3.20. The first kappa shape index (κ1) is 23.0. The lowest BCUT2D eigenvalue weighted by Gasteiger charge is -2.14. The van der Waals surface area contributed by atoms with E-state index < -0.39 is 0 Å². The number of hydrogen-bond donors (Lipinski definition) is 1. The second-order valence-corrected chi connectivity index (χ2v) is 8.01. The summed E-state index contributed by atoms with van der Waals surface area (Å²) < 4.78 is 12.3. The van der Waals surface area contributed by atoms with Crippen molar-refractivity contribution in [2.45, 2.75) is 26.4 Å². The zero-order chi connectivity index (χ0) is 24.2. The van der Waals surface area contributed by atoms with Gasteiger partial charge in [0, 0.05) is 35.5 Å². The van der Waals surface area contributed by atoms with Crippen LogP contribution in [0.3, 0.4) is 0 Å². The Morgan fingerprint density at radius 1 is 1.06 bits per heavy atom. The Labute approximate surface area is 197 Å². The van der Waals surface area contributed by atoms with Crippen LogP contribution in [-0.4, -0.2) is 34.7 Å². The highest BCUT2D eigenvalue weighted by atomic mass is 16.5. The van der Waals surface area contributed by atoms with Crippen molar-refractivity contribution in [1.29, 1.82) is 0 Å². The minimum Gasteiger partial charge on any atom is -0.497 e. The van der Waals surface area contributed by atoms with Crippen molar-refractivity contribution in [3.05, 3.63) is 82.3 Å². The molecule has 2 heterocycles. The fraction of sp³-hybridized carbons (Fsp3) is 0.231. The predicted molar refractivity (Wildman–Crippen MR) is 130 cm³/mol. The van der Waals surface area contributed by atoms with Crippen LogP contribution >= 0.6 is 0 Å². The maximum Gasteiger partial charge on any atom is 0.278 e. The van der Waals surface area contributed by atoms with E-state index in [4.69, 9.17) is 9.47 Å². The lowest BCUT2D eigenvalue weighted by Crippen LogP contribution is -2.26. The molecule has 1 N–H and O–H groups in total. The summed E-state index contributed by atoms with van der Waals surface area (Å²) in [5.74, 6) is 1.10. The van der Waals surface area contributed by atoms with Gasteiger partial charge in [-0.15, -0.1) is 0 Å². The molecular weight excluding hydrogens is 432 g/mol. The molecule has 34 heavy (non-hydrogen) atoms. The number of nitrogens with one attached hydrogen (secondary N) is 1. The second kappa shape index (κ2) is 9.74. The molecule has 0 aliphatic heterocycles. The van der Waals surface area contributed by atoms with Gasteiger partial charge in [0.2, 0.25) is 0 Å². The number of fused-ring (bicyclic) bond motifs is 1. The predicted octanol–water partition coefficient (Wildman–Crippen LogP) is 3.99. The molecule has 0 bridgehead atoms. The molecule has 8 heteroatoms. The number of benzene rings is 2. The number of carbonyl (C=O) groups excluding carboxylic acids is 1. The number of nitrogens with zero attached hydrogens (tertiary/aromatic N) is 3. The van der Waals surface area contributed by atoms with Crippen molar-refractivity contribution in [2.75, 3.05) is 14.2 Å². The molecule has 0 saturated carbocycles. The third-order valence-corrected chi connectivity index (χ3v) is 5.51. The molecule has 0 saturated heterocycles. The maximum absolute atomic E-state index is 13.2. The Bertz CT molecular complexity index is 1390. The SMILES string of the molecule is COc1ccc(OC)c(CNC(=O)c2ccc(-c3nc4cccnc4n(C(C)C)c3=O)cc2)c1. The number of ether oxygens (including phenoxy) is 2. The van der Waals surface area contributed by atoms with Gasteiger partial charge < -0.3 is 14.8 Å². The Morgan fingerprint density at radius 3 is 2.50 bits per heavy atom. The van der Waals surface area contributed by atoms with Crippen molar-refractivity contribution in [2.24, 2.45) is 0 Å². The third kappa shape index (κ3) is 4.47. The average Bonchev–Trinajstić information content (AvgIpc) is 2.86. The first-order valence-electron chi connectivity index (χ1n) is 10.9. The van der Waals surface area contributed by atoms with Gasteiger partial charge in [-0.3, -0.25) is 14.2 Å². The molecule has 0 unspecified atom stereocenters. The molecule has 0 radical (unpaired) electrons. The fourth-order valence-corrected chi connectivity index (χ4v) is 3.78. The van der Waals surface area contributed by atoms with Crippen molar-refractivity contribution in [1.82, 2.24) is 19.9 Å². The van der Waals surface area contributed by atoms with Gasteiger partial charge in [-0.05, 0) is 56.3 Å². The van der Waals surface area contributed by atoms with Crippen molar-refractivity contribution < 1.29 is 14.3 Å². The summed E-state index contributed by atoms with van der Waals surface area (Å²) in [7, 11) is 3.17. The number of hydrogen-bond acceptors (Lipinski definition) is 6. The largest absolute Gasteiger partial charge is 0.497 e. The van der Waals surface area contributed by atoms with Gasteiger partial charge in [-0.2, -0.15) is 0 Å². The van der Waals surface area contributed by atoms with Crippen LogP contribution in [0.2, 0.25) is 0 Å².